The zero-order valence-electron chi connectivity index (χ0n) is 19.2. The van der Waals surface area contributed by atoms with Crippen LogP contribution < -0.4 is 0 Å². The Balaban J connectivity index is 1.68. The minimum atomic E-state index is -0.0324. The van der Waals surface area contributed by atoms with Crippen molar-refractivity contribution in [2.45, 2.75) is 32.7 Å². The number of aromatic nitrogens is 4. The van der Waals surface area contributed by atoms with Crippen LogP contribution in [0.15, 0.2) is 49.2 Å². The Labute approximate surface area is 202 Å². The molecule has 174 valence electrons. The van der Waals surface area contributed by atoms with Crippen LogP contribution in [0.5, 0.6) is 5.75 Å². The van der Waals surface area contributed by atoms with Crippen molar-refractivity contribution in [2.24, 2.45) is 0 Å². The standard InChI is InChI=1S/C26H26ClN5O2/c1-4-22(34)31-11-9-18(10-12-31)32-16(3)23(26(30-32)17-5-7-19(33)8-6-17)24-20-14-28-29-21(20)13-15(2)25(24)27/h4-8,13-14,18,33H,1,9-12H2,2-3H3,(H,28,29). The molecule has 0 radical (unpaired) electrons. The van der Waals surface area contributed by atoms with E-state index in [0.717, 1.165) is 57.4 Å². The van der Waals surface area contributed by atoms with E-state index >= 15 is 0 Å². The van der Waals surface area contributed by atoms with Crippen LogP contribution in [0.3, 0.4) is 0 Å². The van der Waals surface area contributed by atoms with Crippen molar-refractivity contribution >= 4 is 28.4 Å². The molecule has 1 aliphatic heterocycles. The van der Waals surface area contributed by atoms with Gasteiger partial charge in [-0.25, -0.2) is 0 Å². The fourth-order valence-corrected chi connectivity index (χ4v) is 5.15. The number of fused-ring (bicyclic) bond motifs is 1. The molecule has 8 heteroatoms. The Morgan fingerprint density at radius 3 is 2.59 bits per heavy atom. The first-order valence-corrected chi connectivity index (χ1v) is 11.7. The number of carbonyl (C=O) groups excluding carboxylic acids is 1. The van der Waals surface area contributed by atoms with Gasteiger partial charge in [0.1, 0.15) is 11.4 Å². The zero-order chi connectivity index (χ0) is 24.0. The van der Waals surface area contributed by atoms with Gasteiger partial charge in [0, 0.05) is 40.9 Å². The Morgan fingerprint density at radius 2 is 1.91 bits per heavy atom. The summed E-state index contributed by atoms with van der Waals surface area (Å²) in [4.78, 5) is 13.9. The number of H-pyrrole nitrogens is 1. The first-order chi connectivity index (χ1) is 16.4. The molecule has 2 aromatic heterocycles. The van der Waals surface area contributed by atoms with Gasteiger partial charge in [-0.2, -0.15) is 10.2 Å². The number of aryl methyl sites for hydroxylation is 1. The van der Waals surface area contributed by atoms with Crippen molar-refractivity contribution in [1.29, 1.82) is 0 Å². The number of halogens is 1. The number of phenols is 1. The second-order valence-corrected chi connectivity index (χ2v) is 9.15. The minimum absolute atomic E-state index is 0.0324. The average molecular weight is 476 g/mol. The van der Waals surface area contributed by atoms with Gasteiger partial charge in [0.25, 0.3) is 0 Å². The molecule has 1 fully saturated rings. The number of nitrogens with zero attached hydrogens (tertiary/aromatic N) is 4. The first kappa shape index (κ1) is 22.2. The topological polar surface area (TPSA) is 87.0 Å². The molecule has 4 aromatic rings. The van der Waals surface area contributed by atoms with Crippen LogP contribution in [0.1, 0.15) is 30.1 Å². The zero-order valence-corrected chi connectivity index (χ0v) is 19.9. The smallest absolute Gasteiger partial charge is 0.245 e. The number of hydrogen-bond donors (Lipinski definition) is 2. The van der Waals surface area contributed by atoms with E-state index in [0.29, 0.717) is 18.1 Å². The third-order valence-corrected chi connectivity index (χ3v) is 7.19. The third kappa shape index (κ3) is 3.66. The SMILES string of the molecule is C=CC(=O)N1CCC(n2nc(-c3ccc(O)cc3)c(-c3c(Cl)c(C)cc4[nH]ncc34)c2C)CC1. The van der Waals surface area contributed by atoms with E-state index in [1.165, 1.54) is 6.08 Å². The summed E-state index contributed by atoms with van der Waals surface area (Å²) < 4.78 is 2.08. The maximum Gasteiger partial charge on any atom is 0.245 e. The number of aromatic hydroxyl groups is 1. The molecule has 1 amide bonds. The lowest BCUT2D eigenvalue weighted by atomic mass is 9.94. The van der Waals surface area contributed by atoms with E-state index in [-0.39, 0.29) is 17.7 Å². The number of carbonyl (C=O) groups is 1. The summed E-state index contributed by atoms with van der Waals surface area (Å²) in [6, 6.07) is 9.22. The van der Waals surface area contributed by atoms with Gasteiger partial charge in [-0.15, -0.1) is 0 Å². The van der Waals surface area contributed by atoms with Gasteiger partial charge >= 0.3 is 0 Å². The van der Waals surface area contributed by atoms with E-state index < -0.39 is 0 Å². The monoisotopic (exact) mass is 475 g/mol. The quantitative estimate of drug-likeness (QED) is 0.386. The molecule has 0 unspecified atom stereocenters. The van der Waals surface area contributed by atoms with Crippen molar-refractivity contribution in [2.75, 3.05) is 13.1 Å². The predicted octanol–water partition coefficient (Wildman–Crippen LogP) is 5.42. The second kappa shape index (κ2) is 8.65. The number of likely N-dealkylation sites (tertiary alicyclic amines) is 1. The lowest BCUT2D eigenvalue weighted by Crippen LogP contribution is -2.38. The molecule has 3 heterocycles. The third-order valence-electron chi connectivity index (χ3n) is 6.70. The number of piperidine rings is 1. The van der Waals surface area contributed by atoms with Crippen LogP contribution >= 0.6 is 11.6 Å². The summed E-state index contributed by atoms with van der Waals surface area (Å²) in [6.45, 7) is 8.98. The average Bonchev–Trinajstić information content (AvgIpc) is 3.44. The molecular formula is C26H26ClN5O2. The molecule has 5 rings (SSSR count). The highest BCUT2D eigenvalue weighted by molar-refractivity contribution is 6.36. The Kier molecular flexibility index (Phi) is 5.65. The molecular weight excluding hydrogens is 450 g/mol. The molecule has 2 N–H and O–H groups in total. The molecule has 0 atom stereocenters. The minimum Gasteiger partial charge on any atom is -0.508 e. The van der Waals surface area contributed by atoms with Crippen molar-refractivity contribution in [3.05, 3.63) is 65.5 Å². The molecule has 2 aromatic carbocycles. The maximum absolute atomic E-state index is 12.0. The number of benzene rings is 2. The van der Waals surface area contributed by atoms with E-state index in [4.69, 9.17) is 16.7 Å². The van der Waals surface area contributed by atoms with Crippen molar-refractivity contribution < 1.29 is 9.90 Å². The van der Waals surface area contributed by atoms with Gasteiger partial charge < -0.3 is 10.0 Å². The normalized spacial score (nSPS) is 14.6. The Hall–Kier alpha value is -3.58. The van der Waals surface area contributed by atoms with E-state index in [1.54, 1.807) is 18.3 Å². The molecule has 7 nitrogen and oxygen atoms in total. The largest absolute Gasteiger partial charge is 0.508 e. The Morgan fingerprint density at radius 1 is 1.21 bits per heavy atom. The van der Waals surface area contributed by atoms with E-state index in [2.05, 4.69) is 28.4 Å². The summed E-state index contributed by atoms with van der Waals surface area (Å²) in [7, 11) is 0. The van der Waals surface area contributed by atoms with Gasteiger partial charge in [-0.1, -0.05) is 18.2 Å². The summed E-state index contributed by atoms with van der Waals surface area (Å²) in [5.41, 5.74) is 6.42. The van der Waals surface area contributed by atoms with Crippen LogP contribution in [0.4, 0.5) is 0 Å². The first-order valence-electron chi connectivity index (χ1n) is 11.3. The Bertz CT molecular complexity index is 1400. The van der Waals surface area contributed by atoms with Crippen molar-refractivity contribution in [3.8, 4) is 28.1 Å². The number of hydrogen-bond acceptors (Lipinski definition) is 4. The van der Waals surface area contributed by atoms with E-state index in [1.807, 2.05) is 30.0 Å². The molecule has 0 aliphatic carbocycles. The number of aromatic amines is 1. The van der Waals surface area contributed by atoms with Crippen LogP contribution in [0.2, 0.25) is 5.02 Å². The summed E-state index contributed by atoms with van der Waals surface area (Å²) >= 11 is 6.91. The van der Waals surface area contributed by atoms with Crippen LogP contribution in [0, 0.1) is 13.8 Å². The summed E-state index contributed by atoms with van der Waals surface area (Å²) in [5, 5.41) is 23.8. The fraction of sp³-hybridized carbons (Fsp3) is 0.269. The maximum atomic E-state index is 12.0. The van der Waals surface area contributed by atoms with Gasteiger partial charge in [0.05, 0.1) is 22.8 Å². The lowest BCUT2D eigenvalue weighted by molar-refractivity contribution is -0.127. The van der Waals surface area contributed by atoms with Gasteiger partial charge in [-0.3, -0.25) is 14.6 Å². The lowest BCUT2D eigenvalue weighted by Gasteiger charge is -2.32. The van der Waals surface area contributed by atoms with Crippen LogP contribution in [0.25, 0.3) is 33.3 Å². The molecule has 1 saturated heterocycles. The van der Waals surface area contributed by atoms with Gasteiger partial charge in [-0.05, 0) is 68.7 Å². The fourth-order valence-electron chi connectivity index (χ4n) is 4.90. The highest BCUT2D eigenvalue weighted by atomic mass is 35.5. The highest BCUT2D eigenvalue weighted by Crippen LogP contribution is 2.44. The number of nitrogens with one attached hydrogen (secondary N) is 1. The van der Waals surface area contributed by atoms with Crippen LogP contribution in [-0.2, 0) is 4.79 Å². The molecule has 0 saturated carbocycles. The number of amides is 1. The molecule has 34 heavy (non-hydrogen) atoms. The van der Waals surface area contributed by atoms with Gasteiger partial charge in [0.15, 0.2) is 0 Å². The summed E-state index contributed by atoms with van der Waals surface area (Å²) in [6.07, 6.45) is 4.78. The predicted molar refractivity (Wildman–Crippen MR) is 134 cm³/mol. The van der Waals surface area contributed by atoms with Crippen molar-refractivity contribution in [1.82, 2.24) is 24.9 Å². The van der Waals surface area contributed by atoms with E-state index in [9.17, 15) is 9.90 Å². The van der Waals surface area contributed by atoms with Gasteiger partial charge in [0.2, 0.25) is 5.91 Å². The molecule has 0 bridgehead atoms. The molecule has 1 aliphatic rings. The summed E-state index contributed by atoms with van der Waals surface area (Å²) in [5.74, 6) is 0.168. The van der Waals surface area contributed by atoms with Crippen molar-refractivity contribution in [3.63, 3.8) is 0 Å². The highest BCUT2D eigenvalue weighted by Gasteiger charge is 2.29. The number of phenolic OH excluding ortho intramolecular Hbond substituents is 1. The van der Waals surface area contributed by atoms with Crippen LogP contribution in [-0.4, -0.2) is 49.0 Å². The number of rotatable bonds is 4. The molecule has 0 spiro atoms. The second-order valence-electron chi connectivity index (χ2n) is 8.77.